The molecule has 0 unspecified atom stereocenters. The van der Waals surface area contributed by atoms with Crippen molar-refractivity contribution in [3.8, 4) is 0 Å². The van der Waals surface area contributed by atoms with E-state index < -0.39 is 0 Å². The molecule has 0 saturated heterocycles. The van der Waals surface area contributed by atoms with Gasteiger partial charge in [-0.15, -0.1) is 11.3 Å². The maximum atomic E-state index is 5.62. The van der Waals surface area contributed by atoms with Crippen LogP contribution in [-0.4, -0.2) is 16.2 Å². The Morgan fingerprint density at radius 2 is 2.06 bits per heavy atom. The predicted molar refractivity (Wildman–Crippen MR) is 73.4 cm³/mol. The van der Waals surface area contributed by atoms with Gasteiger partial charge in [0.15, 0.2) is 5.13 Å². The van der Waals surface area contributed by atoms with E-state index in [4.69, 9.17) is 5.73 Å². The van der Waals surface area contributed by atoms with Gasteiger partial charge < -0.3 is 5.73 Å². The molecule has 0 aromatic carbocycles. The first kappa shape index (κ1) is 10.4. The molecule has 3 aromatic heterocycles. The quantitative estimate of drug-likeness (QED) is 0.720. The Balaban J connectivity index is 1.90. The van der Waals surface area contributed by atoms with Gasteiger partial charge in [0.2, 0.25) is 0 Å². The predicted octanol–water partition coefficient (Wildman–Crippen LogP) is 3.09. The highest BCUT2D eigenvalue weighted by Crippen LogP contribution is 2.30. The van der Waals surface area contributed by atoms with E-state index in [0.29, 0.717) is 5.13 Å². The lowest BCUT2D eigenvalue weighted by atomic mass is 10.4. The van der Waals surface area contributed by atoms with Crippen molar-refractivity contribution in [2.45, 2.75) is 0 Å². The molecule has 4 nitrogen and oxygen atoms in total. The van der Waals surface area contributed by atoms with Crippen molar-refractivity contribution in [1.82, 2.24) is 9.97 Å². The minimum absolute atomic E-state index is 0.615. The van der Waals surface area contributed by atoms with Gasteiger partial charge in [-0.25, -0.2) is 4.98 Å². The molecule has 0 bridgehead atoms. The summed E-state index contributed by atoms with van der Waals surface area (Å²) in [5.74, 6) is 0. The van der Waals surface area contributed by atoms with E-state index in [1.54, 1.807) is 23.7 Å². The third-order valence-corrected chi connectivity index (χ3v) is 4.05. The van der Waals surface area contributed by atoms with Crippen LogP contribution in [-0.2, 0) is 0 Å². The molecule has 84 valence electrons. The number of aliphatic imine (C=N–C) groups is 1. The highest BCUT2D eigenvalue weighted by Gasteiger charge is 2.04. The monoisotopic (exact) mass is 260 g/mol. The highest BCUT2D eigenvalue weighted by atomic mass is 32.1. The third-order valence-electron chi connectivity index (χ3n) is 2.13. The third kappa shape index (κ3) is 2.17. The van der Waals surface area contributed by atoms with Crippen molar-refractivity contribution in [2.75, 3.05) is 5.73 Å². The topological polar surface area (TPSA) is 64.2 Å². The summed E-state index contributed by atoms with van der Waals surface area (Å²) in [6.07, 6.45) is 5.29. The molecule has 0 saturated carbocycles. The summed E-state index contributed by atoms with van der Waals surface area (Å²) >= 11 is 3.09. The van der Waals surface area contributed by atoms with Gasteiger partial charge in [-0.3, -0.25) is 9.98 Å². The number of rotatable bonds is 2. The molecule has 3 heterocycles. The fraction of sp³-hybridized carbons (Fsp3) is 0. The fourth-order valence-corrected chi connectivity index (χ4v) is 3.27. The Morgan fingerprint density at radius 1 is 1.24 bits per heavy atom. The van der Waals surface area contributed by atoms with Gasteiger partial charge in [-0.1, -0.05) is 11.3 Å². The average molecular weight is 260 g/mol. The van der Waals surface area contributed by atoms with Crippen LogP contribution in [0.2, 0.25) is 0 Å². The summed E-state index contributed by atoms with van der Waals surface area (Å²) < 4.78 is 1.11. The molecule has 3 rings (SSSR count). The number of nitrogens with zero attached hydrogens (tertiary/aromatic N) is 3. The first-order chi connectivity index (χ1) is 8.31. The van der Waals surface area contributed by atoms with Gasteiger partial charge in [0.25, 0.3) is 0 Å². The van der Waals surface area contributed by atoms with Gasteiger partial charge in [0, 0.05) is 23.5 Å². The number of fused-ring (bicyclic) bond motifs is 1. The molecule has 0 aliphatic rings. The van der Waals surface area contributed by atoms with Crippen LogP contribution in [0.1, 0.15) is 4.88 Å². The first-order valence-corrected chi connectivity index (χ1v) is 6.54. The van der Waals surface area contributed by atoms with Gasteiger partial charge in [0.05, 0.1) is 10.4 Å². The summed E-state index contributed by atoms with van der Waals surface area (Å²) in [5, 5.41) is 0.615. The van der Waals surface area contributed by atoms with Crippen LogP contribution in [0.4, 0.5) is 10.8 Å². The van der Waals surface area contributed by atoms with Gasteiger partial charge in [0.1, 0.15) is 4.83 Å². The summed E-state index contributed by atoms with van der Waals surface area (Å²) in [5.41, 5.74) is 6.52. The summed E-state index contributed by atoms with van der Waals surface area (Å²) in [7, 11) is 0. The molecule has 17 heavy (non-hydrogen) atoms. The Morgan fingerprint density at radius 3 is 2.82 bits per heavy atom. The van der Waals surface area contributed by atoms with Crippen LogP contribution < -0.4 is 5.73 Å². The zero-order valence-corrected chi connectivity index (χ0v) is 10.3. The molecule has 0 spiro atoms. The minimum Gasteiger partial charge on any atom is -0.375 e. The lowest BCUT2D eigenvalue weighted by molar-refractivity contribution is 1.32. The summed E-state index contributed by atoms with van der Waals surface area (Å²) in [4.78, 5) is 14.6. The zero-order valence-electron chi connectivity index (χ0n) is 8.70. The SMILES string of the molecule is Nc1nc2sc(/C=N/c3ccncc3)cc2s1. The molecule has 0 fully saturated rings. The van der Waals surface area contributed by atoms with Crippen LogP contribution in [0.5, 0.6) is 0 Å². The van der Waals surface area contributed by atoms with E-state index in [2.05, 4.69) is 21.0 Å². The zero-order chi connectivity index (χ0) is 11.7. The lowest BCUT2D eigenvalue weighted by Gasteiger charge is -1.89. The Kier molecular flexibility index (Phi) is 2.58. The number of anilines is 1. The first-order valence-electron chi connectivity index (χ1n) is 4.91. The highest BCUT2D eigenvalue weighted by molar-refractivity contribution is 7.29. The second-order valence-electron chi connectivity index (χ2n) is 3.33. The molecule has 3 aromatic rings. The number of aromatic nitrogens is 2. The van der Waals surface area contributed by atoms with Crippen LogP contribution in [0.15, 0.2) is 35.6 Å². The van der Waals surface area contributed by atoms with Crippen molar-refractivity contribution < 1.29 is 0 Å². The van der Waals surface area contributed by atoms with E-state index in [1.165, 1.54) is 11.3 Å². The molecule has 0 aliphatic heterocycles. The van der Waals surface area contributed by atoms with Crippen molar-refractivity contribution in [2.24, 2.45) is 4.99 Å². The molecule has 6 heteroatoms. The van der Waals surface area contributed by atoms with E-state index in [0.717, 1.165) is 20.1 Å². The average Bonchev–Trinajstić information content (AvgIpc) is 2.84. The fourth-order valence-electron chi connectivity index (χ4n) is 1.40. The van der Waals surface area contributed by atoms with Gasteiger partial charge in [-0.2, -0.15) is 0 Å². The van der Waals surface area contributed by atoms with Crippen molar-refractivity contribution in [1.29, 1.82) is 0 Å². The van der Waals surface area contributed by atoms with Crippen molar-refractivity contribution in [3.63, 3.8) is 0 Å². The number of hydrogen-bond donors (Lipinski definition) is 1. The van der Waals surface area contributed by atoms with Crippen molar-refractivity contribution >= 4 is 49.2 Å². The summed E-state index contributed by atoms with van der Waals surface area (Å²) in [6, 6.07) is 5.78. The molecular formula is C11H8N4S2. The standard InChI is InChI=1S/C11H8N4S2/c12-11-15-10-9(17-11)5-8(16-10)6-14-7-1-3-13-4-2-7/h1-6H,(H2,12,15)/b14-6+. The van der Waals surface area contributed by atoms with Crippen LogP contribution in [0, 0.1) is 0 Å². The van der Waals surface area contributed by atoms with Crippen LogP contribution in [0.3, 0.4) is 0 Å². The van der Waals surface area contributed by atoms with Crippen molar-refractivity contribution in [3.05, 3.63) is 35.5 Å². The number of nitrogen functional groups attached to an aromatic ring is 1. The Hall–Kier alpha value is -1.79. The largest absolute Gasteiger partial charge is 0.375 e. The normalized spacial score (nSPS) is 11.5. The number of thiophene rings is 1. The van der Waals surface area contributed by atoms with Gasteiger partial charge in [-0.05, 0) is 18.2 Å². The van der Waals surface area contributed by atoms with E-state index in [-0.39, 0.29) is 0 Å². The Bertz CT molecular complexity index is 638. The molecule has 0 radical (unpaired) electrons. The Labute approximate surface area is 105 Å². The maximum absolute atomic E-state index is 5.62. The molecule has 2 N–H and O–H groups in total. The van der Waals surface area contributed by atoms with Crippen LogP contribution in [0.25, 0.3) is 9.53 Å². The number of thiazole rings is 1. The maximum Gasteiger partial charge on any atom is 0.181 e. The summed E-state index contributed by atoms with van der Waals surface area (Å²) in [6.45, 7) is 0. The minimum atomic E-state index is 0.615. The van der Waals surface area contributed by atoms with Gasteiger partial charge >= 0.3 is 0 Å². The molecule has 0 aliphatic carbocycles. The number of hydrogen-bond acceptors (Lipinski definition) is 6. The smallest absolute Gasteiger partial charge is 0.181 e. The molecule has 0 amide bonds. The van der Waals surface area contributed by atoms with E-state index in [9.17, 15) is 0 Å². The second-order valence-corrected chi connectivity index (χ2v) is 5.46. The molecular weight excluding hydrogens is 252 g/mol. The van der Waals surface area contributed by atoms with Crippen LogP contribution >= 0.6 is 22.7 Å². The number of nitrogens with two attached hydrogens (primary N) is 1. The molecule has 0 atom stereocenters. The second kappa shape index (κ2) is 4.23. The van der Waals surface area contributed by atoms with E-state index >= 15 is 0 Å². The van der Waals surface area contributed by atoms with E-state index in [1.807, 2.05) is 18.3 Å². The number of pyridine rings is 1. The lowest BCUT2D eigenvalue weighted by Crippen LogP contribution is -1.78.